The molecule has 1 heterocycles. The van der Waals surface area contributed by atoms with E-state index in [1.165, 1.54) is 6.07 Å². The van der Waals surface area contributed by atoms with Crippen LogP contribution in [-0.2, 0) is 32.1 Å². The van der Waals surface area contributed by atoms with Crippen LogP contribution in [0.3, 0.4) is 0 Å². The highest BCUT2D eigenvalue weighted by Gasteiger charge is 2.11. The Morgan fingerprint density at radius 1 is 1.14 bits per heavy atom. The van der Waals surface area contributed by atoms with Crippen LogP contribution < -0.4 is 16.2 Å². The maximum atomic E-state index is 12.1. The Kier molecular flexibility index (Phi) is 8.90. The van der Waals surface area contributed by atoms with Gasteiger partial charge in [-0.1, -0.05) is 42.1 Å². The number of rotatable bonds is 10. The molecule has 29 heavy (non-hydrogen) atoms. The number of carbonyl (C=O) groups excluding carboxylic acids is 3. The fraction of sp³-hybridized carbons (Fsp3) is 0.316. The smallest absolute Gasteiger partial charge is 0.325 e. The molecule has 0 radical (unpaired) electrons. The molecule has 3 N–H and O–H groups in total. The topological polar surface area (TPSA) is 130 Å². The van der Waals surface area contributed by atoms with Crippen LogP contribution in [0.15, 0.2) is 46.3 Å². The molecule has 0 atom stereocenters. The van der Waals surface area contributed by atoms with E-state index in [0.29, 0.717) is 12.2 Å². The van der Waals surface area contributed by atoms with Gasteiger partial charge in [0.2, 0.25) is 11.8 Å². The maximum absolute atomic E-state index is 12.1. The zero-order valence-corrected chi connectivity index (χ0v) is 16.7. The van der Waals surface area contributed by atoms with Gasteiger partial charge in [-0.25, -0.2) is 4.98 Å². The minimum Gasteiger partial charge on any atom is -0.465 e. The van der Waals surface area contributed by atoms with Gasteiger partial charge in [-0.15, -0.1) is 0 Å². The number of thioether (sulfide) groups is 1. The molecule has 9 nitrogen and oxygen atoms in total. The van der Waals surface area contributed by atoms with Crippen LogP contribution >= 0.6 is 11.8 Å². The number of nitrogens with one attached hydrogen (secondary N) is 3. The largest absolute Gasteiger partial charge is 0.465 e. The van der Waals surface area contributed by atoms with Crippen molar-refractivity contribution in [3.8, 4) is 0 Å². The van der Waals surface area contributed by atoms with E-state index < -0.39 is 17.4 Å². The molecule has 0 aliphatic carbocycles. The summed E-state index contributed by atoms with van der Waals surface area (Å²) >= 11 is 0.997. The van der Waals surface area contributed by atoms with Crippen LogP contribution in [0.2, 0.25) is 0 Å². The lowest BCUT2D eigenvalue weighted by Crippen LogP contribution is -2.32. The monoisotopic (exact) mass is 418 g/mol. The van der Waals surface area contributed by atoms with Crippen molar-refractivity contribution in [2.75, 3.05) is 18.9 Å². The summed E-state index contributed by atoms with van der Waals surface area (Å²) in [6, 6.07) is 10.7. The summed E-state index contributed by atoms with van der Waals surface area (Å²) in [5.41, 5.74) is 0.846. The van der Waals surface area contributed by atoms with Gasteiger partial charge in [-0.05, 0) is 12.5 Å². The van der Waals surface area contributed by atoms with Gasteiger partial charge in [0.15, 0.2) is 5.16 Å². The van der Waals surface area contributed by atoms with Gasteiger partial charge in [0, 0.05) is 12.6 Å². The van der Waals surface area contributed by atoms with Crippen molar-refractivity contribution in [3.05, 3.63) is 58.0 Å². The average molecular weight is 418 g/mol. The number of nitrogens with zero attached hydrogens (tertiary/aromatic N) is 1. The molecule has 2 rings (SSSR count). The molecule has 2 amide bonds. The van der Waals surface area contributed by atoms with E-state index in [2.05, 4.69) is 20.6 Å². The number of hydrogen-bond donors (Lipinski definition) is 3. The molecule has 0 aliphatic rings. The lowest BCUT2D eigenvalue weighted by Gasteiger charge is -2.07. The summed E-state index contributed by atoms with van der Waals surface area (Å²) < 4.78 is 4.71. The lowest BCUT2D eigenvalue weighted by molar-refractivity contribution is -0.143. The van der Waals surface area contributed by atoms with Crippen LogP contribution in [0, 0.1) is 0 Å². The minimum atomic E-state index is -0.527. The summed E-state index contributed by atoms with van der Waals surface area (Å²) in [6.07, 6.45) is -0.0562. The Morgan fingerprint density at radius 3 is 2.62 bits per heavy atom. The van der Waals surface area contributed by atoms with Crippen molar-refractivity contribution < 1.29 is 19.1 Å². The molecule has 154 valence electrons. The molecule has 0 unspecified atom stereocenters. The molecule has 10 heteroatoms. The number of aromatic amines is 1. The van der Waals surface area contributed by atoms with E-state index in [0.717, 1.165) is 17.3 Å². The molecule has 0 aliphatic heterocycles. The van der Waals surface area contributed by atoms with E-state index in [9.17, 15) is 19.2 Å². The van der Waals surface area contributed by atoms with Crippen molar-refractivity contribution in [2.45, 2.75) is 25.0 Å². The van der Waals surface area contributed by atoms with Crippen molar-refractivity contribution in [1.82, 2.24) is 20.6 Å². The van der Waals surface area contributed by atoms with Gasteiger partial charge in [0.05, 0.1) is 24.5 Å². The molecule has 0 spiro atoms. The first kappa shape index (κ1) is 22.2. The van der Waals surface area contributed by atoms with Crippen LogP contribution in [-0.4, -0.2) is 46.7 Å². The second-order valence-corrected chi connectivity index (χ2v) is 6.82. The minimum absolute atomic E-state index is 0.0496. The molecule has 0 saturated heterocycles. The Balaban J connectivity index is 1.83. The summed E-state index contributed by atoms with van der Waals surface area (Å²) in [7, 11) is 0. The standard InChI is InChI=1S/C19H22N4O5S/c1-2-28-18(27)11-21-17(26)12-29-19-22-14(9-16(25)23-19)8-15(24)20-10-13-6-4-3-5-7-13/h3-7,9H,2,8,10-12H2,1H3,(H,20,24)(H,21,26)(H,22,23,25). The van der Waals surface area contributed by atoms with Gasteiger partial charge < -0.3 is 20.4 Å². The predicted octanol–water partition coefficient (Wildman–Crippen LogP) is 0.400. The summed E-state index contributed by atoms with van der Waals surface area (Å²) in [5, 5.41) is 5.40. The third-order valence-electron chi connectivity index (χ3n) is 3.52. The van der Waals surface area contributed by atoms with Crippen LogP contribution in [0.1, 0.15) is 18.2 Å². The number of ether oxygens (including phenoxy) is 1. The maximum Gasteiger partial charge on any atom is 0.325 e. The fourth-order valence-electron chi connectivity index (χ4n) is 2.23. The SMILES string of the molecule is CCOC(=O)CNC(=O)CSc1nc(CC(=O)NCc2ccccc2)cc(=O)[nH]1. The first-order valence-corrected chi connectivity index (χ1v) is 9.90. The van der Waals surface area contributed by atoms with Gasteiger partial charge in [-0.2, -0.15) is 0 Å². The van der Waals surface area contributed by atoms with Crippen LogP contribution in [0.4, 0.5) is 0 Å². The van der Waals surface area contributed by atoms with Crippen molar-refractivity contribution in [3.63, 3.8) is 0 Å². The van der Waals surface area contributed by atoms with Crippen molar-refractivity contribution in [2.24, 2.45) is 0 Å². The average Bonchev–Trinajstić information content (AvgIpc) is 2.70. The van der Waals surface area contributed by atoms with Crippen molar-refractivity contribution in [1.29, 1.82) is 0 Å². The van der Waals surface area contributed by atoms with Crippen LogP contribution in [0.25, 0.3) is 0 Å². The second-order valence-electron chi connectivity index (χ2n) is 5.85. The summed E-state index contributed by atoms with van der Waals surface area (Å²) in [4.78, 5) is 53.6. The Hall–Kier alpha value is -3.14. The number of aromatic nitrogens is 2. The van der Waals surface area contributed by atoms with E-state index in [-0.39, 0.29) is 36.4 Å². The molecule has 0 fully saturated rings. The van der Waals surface area contributed by atoms with E-state index in [1.54, 1.807) is 6.92 Å². The Labute approximate surface area is 171 Å². The zero-order valence-electron chi connectivity index (χ0n) is 15.9. The third kappa shape index (κ3) is 8.60. The zero-order chi connectivity index (χ0) is 21.1. The van der Waals surface area contributed by atoms with E-state index in [4.69, 9.17) is 4.74 Å². The van der Waals surface area contributed by atoms with Gasteiger partial charge in [0.25, 0.3) is 5.56 Å². The van der Waals surface area contributed by atoms with E-state index in [1.807, 2.05) is 30.3 Å². The molecule has 1 aromatic carbocycles. The quantitative estimate of drug-likeness (QED) is 0.289. The molecular formula is C19H22N4O5S. The Bertz CT molecular complexity index is 901. The first-order chi connectivity index (χ1) is 14.0. The highest BCUT2D eigenvalue weighted by molar-refractivity contribution is 7.99. The summed E-state index contributed by atoms with van der Waals surface area (Å²) in [5.74, 6) is -1.25. The highest BCUT2D eigenvalue weighted by Crippen LogP contribution is 2.11. The molecular weight excluding hydrogens is 396 g/mol. The normalized spacial score (nSPS) is 10.2. The van der Waals surface area contributed by atoms with Gasteiger partial charge in [-0.3, -0.25) is 19.2 Å². The number of hydrogen-bond acceptors (Lipinski definition) is 7. The molecule has 2 aromatic rings. The van der Waals surface area contributed by atoms with Crippen LogP contribution in [0.5, 0.6) is 0 Å². The number of carbonyl (C=O) groups is 3. The lowest BCUT2D eigenvalue weighted by atomic mass is 10.2. The molecule has 1 aromatic heterocycles. The van der Waals surface area contributed by atoms with Gasteiger partial charge in [0.1, 0.15) is 6.54 Å². The second kappa shape index (κ2) is 11.6. The number of esters is 1. The summed E-state index contributed by atoms with van der Waals surface area (Å²) in [6.45, 7) is 2.07. The Morgan fingerprint density at radius 2 is 1.90 bits per heavy atom. The van der Waals surface area contributed by atoms with Gasteiger partial charge >= 0.3 is 5.97 Å². The number of benzene rings is 1. The van der Waals surface area contributed by atoms with E-state index >= 15 is 0 Å². The highest BCUT2D eigenvalue weighted by atomic mass is 32.2. The molecule has 0 bridgehead atoms. The third-order valence-corrected chi connectivity index (χ3v) is 4.40. The predicted molar refractivity (Wildman–Crippen MR) is 107 cm³/mol. The fourth-order valence-corrected chi connectivity index (χ4v) is 2.96. The molecule has 0 saturated carbocycles. The number of amides is 2. The first-order valence-electron chi connectivity index (χ1n) is 8.92. The van der Waals surface area contributed by atoms with Crippen molar-refractivity contribution >= 4 is 29.5 Å². The number of H-pyrrole nitrogens is 1.